The fourth-order valence-electron chi connectivity index (χ4n) is 2.78. The highest BCUT2D eigenvalue weighted by Crippen LogP contribution is 2.21. The maximum Gasteiger partial charge on any atom is 0.241 e. The lowest BCUT2D eigenvalue weighted by molar-refractivity contribution is -0.115. The molecular formula is C18H21N3O3S. The molecule has 1 saturated heterocycles. The summed E-state index contributed by atoms with van der Waals surface area (Å²) in [7, 11) is -3.68. The molecule has 6 nitrogen and oxygen atoms in total. The van der Waals surface area contributed by atoms with Gasteiger partial charge in [0.05, 0.1) is 11.4 Å². The zero-order valence-corrected chi connectivity index (χ0v) is 14.6. The van der Waals surface area contributed by atoms with Crippen molar-refractivity contribution in [2.75, 3.05) is 29.9 Å². The maximum absolute atomic E-state index is 12.1. The SMILES string of the molecule is O=C(CNS(=O)(=O)c1ccccc1)Nc1ccc(N2CCCC2)cc1. The van der Waals surface area contributed by atoms with Crippen LogP contribution in [0, 0.1) is 0 Å². The van der Waals surface area contributed by atoms with Gasteiger partial charge in [-0.3, -0.25) is 4.79 Å². The molecule has 0 unspecified atom stereocenters. The molecule has 132 valence electrons. The first-order valence-electron chi connectivity index (χ1n) is 8.24. The third kappa shape index (κ3) is 4.58. The molecule has 25 heavy (non-hydrogen) atoms. The Bertz CT molecular complexity index is 814. The predicted octanol–water partition coefficient (Wildman–Crippen LogP) is 2.20. The fraction of sp³-hybridized carbons (Fsp3) is 0.278. The van der Waals surface area contributed by atoms with Gasteiger partial charge in [-0.1, -0.05) is 18.2 Å². The molecule has 0 aliphatic carbocycles. The summed E-state index contributed by atoms with van der Waals surface area (Å²) in [5.41, 5.74) is 1.78. The van der Waals surface area contributed by atoms with Crippen LogP contribution in [0.5, 0.6) is 0 Å². The van der Waals surface area contributed by atoms with Crippen molar-refractivity contribution in [2.45, 2.75) is 17.7 Å². The topological polar surface area (TPSA) is 78.5 Å². The third-order valence-corrected chi connectivity index (χ3v) is 5.52. The van der Waals surface area contributed by atoms with Crippen LogP contribution >= 0.6 is 0 Å². The van der Waals surface area contributed by atoms with E-state index in [-0.39, 0.29) is 11.4 Å². The minimum absolute atomic E-state index is 0.137. The van der Waals surface area contributed by atoms with Gasteiger partial charge in [-0.25, -0.2) is 13.1 Å². The van der Waals surface area contributed by atoms with Crippen LogP contribution in [0.2, 0.25) is 0 Å². The van der Waals surface area contributed by atoms with Crippen molar-refractivity contribution in [1.82, 2.24) is 4.72 Å². The van der Waals surface area contributed by atoms with Gasteiger partial charge >= 0.3 is 0 Å². The summed E-state index contributed by atoms with van der Waals surface area (Å²) in [4.78, 5) is 14.4. The Balaban J connectivity index is 1.54. The van der Waals surface area contributed by atoms with Gasteiger partial charge in [-0.05, 0) is 49.2 Å². The van der Waals surface area contributed by atoms with Gasteiger partial charge in [-0.2, -0.15) is 0 Å². The maximum atomic E-state index is 12.1. The summed E-state index contributed by atoms with van der Waals surface area (Å²) in [5.74, 6) is -0.409. The molecule has 1 heterocycles. The normalized spacial score (nSPS) is 14.5. The largest absolute Gasteiger partial charge is 0.372 e. The van der Waals surface area contributed by atoms with E-state index in [1.165, 1.54) is 25.0 Å². The summed E-state index contributed by atoms with van der Waals surface area (Å²) >= 11 is 0. The molecule has 0 radical (unpaired) electrons. The fourth-order valence-corrected chi connectivity index (χ4v) is 3.78. The number of amides is 1. The number of nitrogens with one attached hydrogen (secondary N) is 2. The molecule has 2 N–H and O–H groups in total. The number of benzene rings is 2. The number of rotatable bonds is 6. The van der Waals surface area contributed by atoms with E-state index in [0.29, 0.717) is 5.69 Å². The summed E-state index contributed by atoms with van der Waals surface area (Å²) < 4.78 is 26.5. The summed E-state index contributed by atoms with van der Waals surface area (Å²) in [6.07, 6.45) is 2.42. The highest BCUT2D eigenvalue weighted by Gasteiger charge is 2.15. The molecule has 2 aromatic rings. The van der Waals surface area contributed by atoms with Crippen molar-refractivity contribution in [3.63, 3.8) is 0 Å². The van der Waals surface area contributed by atoms with Crippen molar-refractivity contribution >= 4 is 27.3 Å². The van der Waals surface area contributed by atoms with Crippen LogP contribution < -0.4 is 14.9 Å². The van der Waals surface area contributed by atoms with E-state index in [9.17, 15) is 13.2 Å². The number of anilines is 2. The van der Waals surface area contributed by atoms with Crippen molar-refractivity contribution in [1.29, 1.82) is 0 Å². The van der Waals surface area contributed by atoms with E-state index in [0.717, 1.165) is 18.8 Å². The number of carbonyl (C=O) groups excluding carboxylic acids is 1. The lowest BCUT2D eigenvalue weighted by Gasteiger charge is -2.17. The number of hydrogen-bond donors (Lipinski definition) is 2. The zero-order valence-electron chi connectivity index (χ0n) is 13.8. The molecule has 0 spiro atoms. The Labute approximate surface area is 147 Å². The van der Waals surface area contributed by atoms with Gasteiger partial charge < -0.3 is 10.2 Å². The molecule has 1 fully saturated rings. The second-order valence-electron chi connectivity index (χ2n) is 5.93. The van der Waals surface area contributed by atoms with E-state index in [2.05, 4.69) is 14.9 Å². The first-order valence-corrected chi connectivity index (χ1v) is 9.72. The monoisotopic (exact) mass is 359 g/mol. The first kappa shape index (κ1) is 17.4. The van der Waals surface area contributed by atoms with Crippen LogP contribution in [0.15, 0.2) is 59.5 Å². The molecule has 0 saturated carbocycles. The van der Waals surface area contributed by atoms with Crippen molar-refractivity contribution in [3.05, 3.63) is 54.6 Å². The van der Waals surface area contributed by atoms with Crippen LogP contribution in [0.4, 0.5) is 11.4 Å². The Kier molecular flexibility index (Phi) is 5.35. The van der Waals surface area contributed by atoms with Crippen molar-refractivity contribution in [2.24, 2.45) is 0 Å². The summed E-state index contributed by atoms with van der Waals surface area (Å²) in [6, 6.07) is 15.6. The molecule has 3 rings (SSSR count). The average molecular weight is 359 g/mol. The highest BCUT2D eigenvalue weighted by atomic mass is 32.2. The Morgan fingerprint density at radius 2 is 1.60 bits per heavy atom. The molecule has 7 heteroatoms. The number of sulfonamides is 1. The molecule has 1 aliphatic heterocycles. The van der Waals surface area contributed by atoms with E-state index in [4.69, 9.17) is 0 Å². The third-order valence-electron chi connectivity index (χ3n) is 4.10. The minimum atomic E-state index is -3.68. The molecule has 1 amide bonds. The van der Waals surface area contributed by atoms with Gasteiger partial charge in [0.1, 0.15) is 0 Å². The molecular weight excluding hydrogens is 338 g/mol. The highest BCUT2D eigenvalue weighted by molar-refractivity contribution is 7.89. The smallest absolute Gasteiger partial charge is 0.241 e. The van der Waals surface area contributed by atoms with Crippen LogP contribution in [-0.2, 0) is 14.8 Å². The van der Waals surface area contributed by atoms with E-state index < -0.39 is 15.9 Å². The van der Waals surface area contributed by atoms with Crippen LogP contribution in [0.3, 0.4) is 0 Å². The molecule has 1 aliphatic rings. The second kappa shape index (κ2) is 7.67. The second-order valence-corrected chi connectivity index (χ2v) is 7.69. The van der Waals surface area contributed by atoms with Crippen molar-refractivity contribution in [3.8, 4) is 0 Å². The van der Waals surface area contributed by atoms with E-state index in [1.54, 1.807) is 18.2 Å². The summed E-state index contributed by atoms with van der Waals surface area (Å²) in [6.45, 7) is 1.81. The quantitative estimate of drug-likeness (QED) is 0.829. The zero-order chi connectivity index (χ0) is 17.7. The van der Waals surface area contributed by atoms with E-state index in [1.807, 2.05) is 24.3 Å². The Morgan fingerprint density at radius 1 is 0.960 bits per heavy atom. The van der Waals surface area contributed by atoms with Crippen LogP contribution in [-0.4, -0.2) is 34.0 Å². The van der Waals surface area contributed by atoms with Gasteiger partial charge in [0.2, 0.25) is 15.9 Å². The number of hydrogen-bond acceptors (Lipinski definition) is 4. The predicted molar refractivity (Wildman–Crippen MR) is 98.1 cm³/mol. The van der Waals surface area contributed by atoms with Crippen molar-refractivity contribution < 1.29 is 13.2 Å². The van der Waals surface area contributed by atoms with Crippen LogP contribution in [0.1, 0.15) is 12.8 Å². The Hall–Kier alpha value is -2.38. The number of carbonyl (C=O) groups is 1. The van der Waals surface area contributed by atoms with Gasteiger partial charge in [-0.15, -0.1) is 0 Å². The van der Waals surface area contributed by atoms with Crippen LogP contribution in [0.25, 0.3) is 0 Å². The average Bonchev–Trinajstić information content (AvgIpc) is 3.16. The summed E-state index contributed by atoms with van der Waals surface area (Å²) in [5, 5.41) is 2.70. The molecule has 2 aromatic carbocycles. The van der Waals surface area contributed by atoms with Gasteiger partial charge in [0, 0.05) is 24.5 Å². The first-order chi connectivity index (χ1) is 12.0. The standard InChI is InChI=1S/C18H21N3O3S/c22-18(14-19-25(23,24)17-6-2-1-3-7-17)20-15-8-10-16(11-9-15)21-12-4-5-13-21/h1-3,6-11,19H,4-5,12-14H2,(H,20,22). The molecule has 0 atom stereocenters. The minimum Gasteiger partial charge on any atom is -0.372 e. The molecule has 0 aromatic heterocycles. The Morgan fingerprint density at radius 3 is 2.24 bits per heavy atom. The lowest BCUT2D eigenvalue weighted by Crippen LogP contribution is -2.32. The number of nitrogens with zero attached hydrogens (tertiary/aromatic N) is 1. The molecule has 0 bridgehead atoms. The van der Waals surface area contributed by atoms with Gasteiger partial charge in [0.25, 0.3) is 0 Å². The lowest BCUT2D eigenvalue weighted by atomic mass is 10.2. The van der Waals surface area contributed by atoms with E-state index >= 15 is 0 Å². The van der Waals surface area contributed by atoms with Gasteiger partial charge in [0.15, 0.2) is 0 Å².